The molecule has 1 aromatic rings. The van der Waals surface area contributed by atoms with Crippen molar-refractivity contribution in [1.29, 1.82) is 0 Å². The minimum absolute atomic E-state index is 0.104. The van der Waals surface area contributed by atoms with E-state index in [2.05, 4.69) is 21.2 Å². The van der Waals surface area contributed by atoms with Gasteiger partial charge in [-0.1, -0.05) is 11.6 Å². The van der Waals surface area contributed by atoms with Crippen molar-refractivity contribution in [3.8, 4) is 5.75 Å². The summed E-state index contributed by atoms with van der Waals surface area (Å²) in [6, 6.07) is 5.04. The Morgan fingerprint density at radius 2 is 2.35 bits per heavy atom. The standard InChI is InChI=1S/C11H13BrClNO3/c1-7(15)5-14-11(16)6-17-10-3-2-8(13)4-9(10)12/h2-4,7,15H,5-6H2,1H3,(H,14,16)/t7-/m1/s1. The first-order chi connectivity index (χ1) is 7.99. The number of hydrogen-bond acceptors (Lipinski definition) is 3. The maximum Gasteiger partial charge on any atom is 0.258 e. The van der Waals surface area contributed by atoms with E-state index in [-0.39, 0.29) is 19.1 Å². The van der Waals surface area contributed by atoms with Crippen LogP contribution in [0.3, 0.4) is 0 Å². The summed E-state index contributed by atoms with van der Waals surface area (Å²) in [6.45, 7) is 1.70. The van der Waals surface area contributed by atoms with Gasteiger partial charge in [0.05, 0.1) is 10.6 Å². The maximum absolute atomic E-state index is 11.3. The predicted octanol–water partition coefficient (Wildman–Crippen LogP) is 1.98. The van der Waals surface area contributed by atoms with Crippen LogP contribution in [-0.4, -0.2) is 30.3 Å². The van der Waals surface area contributed by atoms with Gasteiger partial charge in [0.1, 0.15) is 5.75 Å². The van der Waals surface area contributed by atoms with Crippen molar-refractivity contribution in [2.24, 2.45) is 0 Å². The molecule has 17 heavy (non-hydrogen) atoms. The number of carbonyl (C=O) groups excluding carboxylic acids is 1. The molecule has 0 unspecified atom stereocenters. The summed E-state index contributed by atoms with van der Waals surface area (Å²) in [6.07, 6.45) is -0.568. The van der Waals surface area contributed by atoms with E-state index < -0.39 is 6.10 Å². The molecule has 0 heterocycles. The average molecular weight is 323 g/mol. The molecule has 0 bridgehead atoms. The lowest BCUT2D eigenvalue weighted by Crippen LogP contribution is -2.34. The van der Waals surface area contributed by atoms with Crippen LogP contribution in [0.25, 0.3) is 0 Å². The lowest BCUT2D eigenvalue weighted by Gasteiger charge is -2.09. The van der Waals surface area contributed by atoms with Crippen molar-refractivity contribution in [2.45, 2.75) is 13.0 Å². The van der Waals surface area contributed by atoms with Gasteiger partial charge in [-0.15, -0.1) is 0 Å². The summed E-state index contributed by atoms with van der Waals surface area (Å²) in [5, 5.41) is 12.1. The third-order valence-electron chi connectivity index (χ3n) is 1.85. The zero-order valence-corrected chi connectivity index (χ0v) is 11.6. The van der Waals surface area contributed by atoms with Gasteiger partial charge in [0.15, 0.2) is 6.61 Å². The van der Waals surface area contributed by atoms with E-state index in [4.69, 9.17) is 21.4 Å². The number of amides is 1. The highest BCUT2D eigenvalue weighted by atomic mass is 79.9. The Balaban J connectivity index is 2.42. The first-order valence-corrected chi connectivity index (χ1v) is 6.18. The summed E-state index contributed by atoms with van der Waals surface area (Å²) >= 11 is 9.05. The van der Waals surface area contributed by atoms with Crippen LogP contribution in [0.15, 0.2) is 22.7 Å². The molecule has 6 heteroatoms. The van der Waals surface area contributed by atoms with Crippen LogP contribution >= 0.6 is 27.5 Å². The van der Waals surface area contributed by atoms with E-state index in [0.29, 0.717) is 15.2 Å². The third kappa shape index (κ3) is 5.39. The van der Waals surface area contributed by atoms with Crippen molar-refractivity contribution < 1.29 is 14.6 Å². The number of aliphatic hydroxyl groups is 1. The Labute approximate surface area is 113 Å². The Morgan fingerprint density at radius 1 is 1.65 bits per heavy atom. The Morgan fingerprint density at radius 3 is 2.94 bits per heavy atom. The second-order valence-corrected chi connectivity index (χ2v) is 4.81. The van der Waals surface area contributed by atoms with Gasteiger partial charge in [-0.3, -0.25) is 4.79 Å². The van der Waals surface area contributed by atoms with Gasteiger partial charge >= 0.3 is 0 Å². The highest BCUT2D eigenvalue weighted by Gasteiger charge is 2.06. The molecule has 1 atom stereocenters. The molecule has 2 N–H and O–H groups in total. The van der Waals surface area contributed by atoms with Crippen LogP contribution in [0.4, 0.5) is 0 Å². The lowest BCUT2D eigenvalue weighted by molar-refractivity contribution is -0.123. The smallest absolute Gasteiger partial charge is 0.258 e. The molecular weight excluding hydrogens is 309 g/mol. The molecule has 0 aliphatic carbocycles. The summed E-state index contributed by atoms with van der Waals surface area (Å²) in [7, 11) is 0. The molecule has 0 saturated carbocycles. The number of hydrogen-bond donors (Lipinski definition) is 2. The number of rotatable bonds is 5. The first-order valence-electron chi connectivity index (χ1n) is 5.01. The largest absolute Gasteiger partial charge is 0.483 e. The second-order valence-electron chi connectivity index (χ2n) is 3.52. The molecule has 94 valence electrons. The van der Waals surface area contributed by atoms with E-state index in [1.165, 1.54) is 0 Å². The van der Waals surface area contributed by atoms with E-state index in [0.717, 1.165) is 0 Å². The molecule has 0 aromatic heterocycles. The fraction of sp³-hybridized carbons (Fsp3) is 0.364. The molecule has 0 aliphatic rings. The second kappa shape index (κ2) is 6.83. The lowest BCUT2D eigenvalue weighted by atomic mass is 10.3. The van der Waals surface area contributed by atoms with Crippen LogP contribution in [0.2, 0.25) is 5.02 Å². The normalized spacial score (nSPS) is 12.0. The van der Waals surface area contributed by atoms with E-state index in [9.17, 15) is 4.79 Å². The van der Waals surface area contributed by atoms with Gasteiger partial charge in [0, 0.05) is 11.6 Å². The molecular formula is C11H13BrClNO3. The first kappa shape index (κ1) is 14.3. The molecule has 4 nitrogen and oxygen atoms in total. The van der Waals surface area contributed by atoms with Crippen molar-refractivity contribution in [3.05, 3.63) is 27.7 Å². The van der Waals surface area contributed by atoms with Crippen LogP contribution in [0, 0.1) is 0 Å². The quantitative estimate of drug-likeness (QED) is 0.871. The minimum atomic E-state index is -0.568. The van der Waals surface area contributed by atoms with Crippen molar-refractivity contribution >= 4 is 33.4 Å². The van der Waals surface area contributed by atoms with Gasteiger partial charge in [0.25, 0.3) is 5.91 Å². The summed E-state index contributed by atoms with van der Waals surface area (Å²) < 4.78 is 5.97. The summed E-state index contributed by atoms with van der Waals surface area (Å²) in [4.78, 5) is 11.3. The zero-order valence-electron chi connectivity index (χ0n) is 9.24. The Kier molecular flexibility index (Phi) is 5.74. The Bertz CT molecular complexity index is 398. The molecule has 0 aliphatic heterocycles. The number of halogens is 2. The number of benzene rings is 1. The summed E-state index contributed by atoms with van der Waals surface area (Å²) in [5.41, 5.74) is 0. The number of nitrogens with one attached hydrogen (secondary N) is 1. The predicted molar refractivity (Wildman–Crippen MR) is 69.3 cm³/mol. The van der Waals surface area contributed by atoms with Gasteiger partial charge in [-0.05, 0) is 41.1 Å². The zero-order chi connectivity index (χ0) is 12.8. The fourth-order valence-corrected chi connectivity index (χ4v) is 1.85. The minimum Gasteiger partial charge on any atom is -0.483 e. The van der Waals surface area contributed by atoms with Gasteiger partial charge in [0.2, 0.25) is 0 Å². The highest BCUT2D eigenvalue weighted by molar-refractivity contribution is 9.10. The molecule has 0 radical (unpaired) electrons. The SMILES string of the molecule is C[C@@H](O)CNC(=O)COc1ccc(Cl)cc1Br. The Hall–Kier alpha value is -0.780. The molecule has 0 saturated heterocycles. The molecule has 1 aromatic carbocycles. The van der Waals surface area contributed by atoms with Crippen molar-refractivity contribution in [1.82, 2.24) is 5.32 Å². The molecule has 1 amide bonds. The third-order valence-corrected chi connectivity index (χ3v) is 2.70. The monoisotopic (exact) mass is 321 g/mol. The topological polar surface area (TPSA) is 58.6 Å². The van der Waals surface area contributed by atoms with Gasteiger partial charge < -0.3 is 15.2 Å². The van der Waals surface area contributed by atoms with Crippen LogP contribution < -0.4 is 10.1 Å². The van der Waals surface area contributed by atoms with E-state index in [1.54, 1.807) is 25.1 Å². The molecule has 0 fully saturated rings. The number of carbonyl (C=O) groups is 1. The maximum atomic E-state index is 11.3. The van der Waals surface area contributed by atoms with Crippen LogP contribution in [0.1, 0.15) is 6.92 Å². The van der Waals surface area contributed by atoms with Crippen molar-refractivity contribution in [3.63, 3.8) is 0 Å². The highest BCUT2D eigenvalue weighted by Crippen LogP contribution is 2.27. The van der Waals surface area contributed by atoms with Gasteiger partial charge in [-0.25, -0.2) is 0 Å². The molecule has 1 rings (SSSR count). The average Bonchev–Trinajstić information content (AvgIpc) is 2.25. The molecule has 0 spiro atoms. The number of aliphatic hydroxyl groups excluding tert-OH is 1. The summed E-state index contributed by atoms with van der Waals surface area (Å²) in [5.74, 6) is 0.259. The van der Waals surface area contributed by atoms with Gasteiger partial charge in [-0.2, -0.15) is 0 Å². The fourth-order valence-electron chi connectivity index (χ4n) is 1.05. The van der Waals surface area contributed by atoms with Crippen LogP contribution in [0.5, 0.6) is 5.75 Å². The van der Waals surface area contributed by atoms with E-state index in [1.807, 2.05) is 0 Å². The number of ether oxygens (including phenoxy) is 1. The van der Waals surface area contributed by atoms with E-state index >= 15 is 0 Å². The van der Waals surface area contributed by atoms with Crippen LogP contribution in [-0.2, 0) is 4.79 Å². The van der Waals surface area contributed by atoms with Crippen molar-refractivity contribution in [2.75, 3.05) is 13.2 Å².